The number of hydrogen-bond donors (Lipinski definition) is 2. The van der Waals surface area contributed by atoms with Crippen LogP contribution in [0, 0.1) is 17.8 Å². The van der Waals surface area contributed by atoms with E-state index in [1.165, 1.54) is 4.90 Å². The first kappa shape index (κ1) is 34.3. The molecule has 0 radical (unpaired) electrons. The Labute approximate surface area is 278 Å². The smallest absolute Gasteiger partial charge is 0.264 e. The van der Waals surface area contributed by atoms with Crippen molar-refractivity contribution in [1.82, 2.24) is 9.62 Å². The van der Waals surface area contributed by atoms with Crippen LogP contribution in [-0.2, 0) is 27.8 Å². The lowest BCUT2D eigenvalue weighted by molar-refractivity contribution is -0.137. The molecule has 2 N–H and O–H groups in total. The molecule has 46 heavy (non-hydrogen) atoms. The Kier molecular flexibility index (Phi) is 10.4. The van der Waals surface area contributed by atoms with Crippen LogP contribution in [0.2, 0.25) is 5.02 Å². The van der Waals surface area contributed by atoms with Crippen molar-refractivity contribution in [2.75, 3.05) is 32.1 Å². The molecular weight excluding hydrogens is 626 g/mol. The number of nitrogens with one attached hydrogen (secondary N) is 1. The van der Waals surface area contributed by atoms with Crippen molar-refractivity contribution in [1.29, 1.82) is 0 Å². The number of carbonyl (C=O) groups excluding carboxylic acids is 2. The van der Waals surface area contributed by atoms with Gasteiger partial charge in [0.15, 0.2) is 0 Å². The highest BCUT2D eigenvalue weighted by Crippen LogP contribution is 2.46. The lowest BCUT2D eigenvalue weighted by atomic mass is 9.63. The number of ether oxygens (including phenoxy) is 1. The average molecular weight is 672 g/mol. The minimum atomic E-state index is -4.02. The Balaban J connectivity index is 1.57. The van der Waals surface area contributed by atoms with E-state index in [0.29, 0.717) is 42.6 Å². The Morgan fingerprint density at radius 3 is 2.63 bits per heavy atom. The van der Waals surface area contributed by atoms with Crippen molar-refractivity contribution >= 4 is 39.1 Å². The summed E-state index contributed by atoms with van der Waals surface area (Å²) in [5.41, 5.74) is 1.72. The van der Waals surface area contributed by atoms with Gasteiger partial charge in [-0.25, -0.2) is 13.1 Å². The molecule has 9 nitrogen and oxygen atoms in total. The number of anilines is 1. The third-order valence-corrected chi connectivity index (χ3v) is 12.3. The van der Waals surface area contributed by atoms with Crippen LogP contribution in [0.1, 0.15) is 73.9 Å². The summed E-state index contributed by atoms with van der Waals surface area (Å²) in [7, 11) is -0.652. The zero-order chi connectivity index (χ0) is 33.2. The van der Waals surface area contributed by atoms with Crippen LogP contribution >= 0.6 is 11.6 Å². The molecule has 5 rings (SSSR count). The molecule has 1 aliphatic carbocycles. The maximum Gasteiger partial charge on any atom is 0.264 e. The summed E-state index contributed by atoms with van der Waals surface area (Å²) in [6.07, 6.45) is 8.08. The zero-order valence-electron chi connectivity index (χ0n) is 27.2. The van der Waals surface area contributed by atoms with Gasteiger partial charge in [-0.3, -0.25) is 9.59 Å². The summed E-state index contributed by atoms with van der Waals surface area (Å²) in [5.74, 6) is -0.708. The minimum absolute atomic E-state index is 0.0549. The van der Waals surface area contributed by atoms with Crippen LogP contribution < -0.4 is 14.4 Å². The number of halogens is 1. The number of fused-ring (bicyclic) bond motifs is 3. The van der Waals surface area contributed by atoms with Gasteiger partial charge in [-0.05, 0) is 105 Å². The molecule has 3 aliphatic rings. The van der Waals surface area contributed by atoms with E-state index in [4.69, 9.17) is 16.3 Å². The number of allylic oxidation sites excluding steroid dienone is 1. The van der Waals surface area contributed by atoms with Gasteiger partial charge < -0.3 is 19.6 Å². The maximum atomic E-state index is 13.4. The minimum Gasteiger partial charge on any atom is -0.487 e. The summed E-state index contributed by atoms with van der Waals surface area (Å²) >= 11 is 6.33. The number of sulfonamides is 1. The third-order valence-electron chi connectivity index (χ3n) is 10.1. The van der Waals surface area contributed by atoms with Crippen LogP contribution in [0.25, 0.3) is 0 Å². The summed E-state index contributed by atoms with van der Waals surface area (Å²) < 4.78 is 35.4. The zero-order valence-corrected chi connectivity index (χ0v) is 28.7. The molecule has 2 heterocycles. The fourth-order valence-electron chi connectivity index (χ4n) is 6.79. The average Bonchev–Trinajstić information content (AvgIpc) is 3.01. The molecule has 2 aromatic carbocycles. The van der Waals surface area contributed by atoms with Gasteiger partial charge in [-0.1, -0.05) is 36.7 Å². The molecule has 0 unspecified atom stereocenters. The lowest BCUT2D eigenvalue weighted by Crippen LogP contribution is -2.52. The van der Waals surface area contributed by atoms with Gasteiger partial charge in [0.1, 0.15) is 12.4 Å². The second kappa shape index (κ2) is 14.0. The fraction of sp³-hybridized carbons (Fsp3) is 0.543. The molecule has 5 atom stereocenters. The molecule has 0 spiro atoms. The van der Waals surface area contributed by atoms with Crippen LogP contribution in [0.3, 0.4) is 0 Å². The molecule has 2 aromatic rings. The molecule has 2 aliphatic heterocycles. The summed E-state index contributed by atoms with van der Waals surface area (Å²) in [4.78, 5) is 30.1. The summed E-state index contributed by atoms with van der Waals surface area (Å²) in [5, 5.41) is 11.9. The molecule has 1 fully saturated rings. The summed E-state index contributed by atoms with van der Waals surface area (Å²) in [6.45, 7) is 4.95. The fourth-order valence-corrected chi connectivity index (χ4v) is 8.27. The van der Waals surface area contributed by atoms with E-state index < -0.39 is 26.8 Å². The molecule has 0 saturated heterocycles. The first-order valence-corrected chi connectivity index (χ1v) is 18.1. The summed E-state index contributed by atoms with van der Waals surface area (Å²) in [6, 6.07) is 10.9. The van der Waals surface area contributed by atoms with Crippen LogP contribution in [0.4, 0.5) is 5.69 Å². The SMILES string of the molecule is C[C@@H]1[C@@H](C)C/C=C/[C@](O)(CC(=O)N(C)C)[C@@H]2CC[C@H]2CN2CCCCc3cc(Cl)ccc3COc3ccc(cc32)C(=O)NS1(=O)=O. The number of benzene rings is 2. The van der Waals surface area contributed by atoms with Gasteiger partial charge in [0, 0.05) is 37.8 Å². The Bertz CT molecular complexity index is 1590. The number of aryl methyl sites for hydroxylation is 1. The van der Waals surface area contributed by atoms with Crippen LogP contribution in [0.5, 0.6) is 5.75 Å². The van der Waals surface area contributed by atoms with Gasteiger partial charge in [0.2, 0.25) is 15.9 Å². The van der Waals surface area contributed by atoms with Gasteiger partial charge in [0.25, 0.3) is 5.91 Å². The van der Waals surface area contributed by atoms with Crippen LogP contribution in [0.15, 0.2) is 48.6 Å². The molecule has 2 amide bonds. The van der Waals surface area contributed by atoms with E-state index in [-0.39, 0.29) is 35.6 Å². The van der Waals surface area contributed by atoms with Crippen LogP contribution in [-0.4, -0.2) is 68.3 Å². The Hall–Kier alpha value is -3.08. The van der Waals surface area contributed by atoms with E-state index in [0.717, 1.165) is 43.2 Å². The van der Waals surface area contributed by atoms with E-state index >= 15 is 0 Å². The first-order chi connectivity index (χ1) is 21.8. The molecular formula is C35H46ClN3O6S. The van der Waals surface area contributed by atoms with Crippen molar-refractivity contribution in [3.05, 3.63) is 70.3 Å². The van der Waals surface area contributed by atoms with Crippen molar-refractivity contribution < 1.29 is 27.9 Å². The first-order valence-electron chi connectivity index (χ1n) is 16.2. The van der Waals surface area contributed by atoms with Gasteiger partial charge in [-0.2, -0.15) is 0 Å². The number of rotatable bonds is 2. The largest absolute Gasteiger partial charge is 0.487 e. The number of amides is 2. The topological polar surface area (TPSA) is 116 Å². The molecule has 11 heteroatoms. The number of hydrogen-bond acceptors (Lipinski definition) is 7. The van der Waals surface area contributed by atoms with E-state index in [9.17, 15) is 23.1 Å². The van der Waals surface area contributed by atoms with Gasteiger partial charge in [-0.15, -0.1) is 0 Å². The number of nitrogens with zero attached hydrogens (tertiary/aromatic N) is 2. The highest BCUT2D eigenvalue weighted by molar-refractivity contribution is 7.90. The second-order valence-electron chi connectivity index (χ2n) is 13.5. The normalized spacial score (nSPS) is 29.0. The Morgan fingerprint density at radius 2 is 1.91 bits per heavy atom. The monoisotopic (exact) mass is 671 g/mol. The standard InChI is InChI=1S/C35H46ClN3O6S/c1-23-8-7-16-35(42,20-33(40)38(3)4)30-14-11-27(30)21-39-17-6-5-9-25-18-29(36)13-10-28(25)22-45-32-15-12-26(19-31(32)39)34(41)37-46(43,44)24(23)2/h7,10,12-13,15-16,18-19,23-24,27,30,42H,5-6,8-9,11,14,17,20-22H2,1-4H3,(H,37,41)/b16-7+/t23-,24+,27-,30+,35-/m0/s1. The van der Waals surface area contributed by atoms with E-state index in [2.05, 4.69) is 9.62 Å². The Morgan fingerprint density at radius 1 is 1.13 bits per heavy atom. The number of carbonyl (C=O) groups is 2. The predicted octanol–water partition coefficient (Wildman–Crippen LogP) is 5.34. The van der Waals surface area contributed by atoms with Crippen molar-refractivity contribution in [3.8, 4) is 5.75 Å². The number of aliphatic hydroxyl groups is 1. The quantitative estimate of drug-likeness (QED) is 0.414. The second-order valence-corrected chi connectivity index (χ2v) is 16.0. The third kappa shape index (κ3) is 7.55. The van der Waals surface area contributed by atoms with Gasteiger partial charge >= 0.3 is 0 Å². The highest BCUT2D eigenvalue weighted by atomic mass is 35.5. The predicted molar refractivity (Wildman–Crippen MR) is 181 cm³/mol. The molecule has 0 aromatic heterocycles. The highest BCUT2D eigenvalue weighted by Gasteiger charge is 2.47. The lowest BCUT2D eigenvalue weighted by Gasteiger charge is -2.48. The van der Waals surface area contributed by atoms with Crippen molar-refractivity contribution in [2.45, 2.75) is 76.3 Å². The molecule has 1 saturated carbocycles. The van der Waals surface area contributed by atoms with E-state index in [1.54, 1.807) is 58.3 Å². The molecule has 250 valence electrons. The molecule has 2 bridgehead atoms. The van der Waals surface area contributed by atoms with Crippen molar-refractivity contribution in [3.63, 3.8) is 0 Å². The van der Waals surface area contributed by atoms with Crippen molar-refractivity contribution in [2.24, 2.45) is 17.8 Å². The maximum absolute atomic E-state index is 13.4. The van der Waals surface area contributed by atoms with Gasteiger partial charge in [0.05, 0.1) is 23.0 Å². The van der Waals surface area contributed by atoms with E-state index in [1.807, 2.05) is 18.2 Å².